The molecule has 0 bridgehead atoms. The third-order valence-electron chi connectivity index (χ3n) is 5.72. The highest BCUT2D eigenvalue weighted by Gasteiger charge is 2.30. The van der Waals surface area contributed by atoms with Crippen LogP contribution in [0.25, 0.3) is 20.0 Å². The van der Waals surface area contributed by atoms with E-state index in [9.17, 15) is 19.1 Å². The van der Waals surface area contributed by atoms with Crippen LogP contribution < -0.4 is 0 Å². The molecule has 14 heteroatoms. The van der Waals surface area contributed by atoms with Gasteiger partial charge in [-0.05, 0) is 53.4 Å². The Morgan fingerprint density at radius 3 is 1.43 bits per heavy atom. The van der Waals surface area contributed by atoms with Gasteiger partial charge in [0.05, 0.1) is 28.1 Å². The molecule has 0 aliphatic rings. The first-order valence-corrected chi connectivity index (χ1v) is 17.5. The zero-order valence-corrected chi connectivity index (χ0v) is 29.8. The Balaban J connectivity index is 0.000000240. The number of alkyl halides is 1. The Labute approximate surface area is 273 Å². The molecule has 0 radical (unpaired) electrons. The molecule has 4 aromatic heterocycles. The summed E-state index contributed by atoms with van der Waals surface area (Å²) in [6.45, 7) is 18.3. The lowest BCUT2D eigenvalue weighted by molar-refractivity contribution is 0.0354. The molecule has 2 unspecified atom stereocenters. The smallest absolute Gasteiger partial charge is 0.358 e. The summed E-state index contributed by atoms with van der Waals surface area (Å²) in [6, 6.07) is 0. The number of nitrogens with zero attached hydrogens (tertiary/aromatic N) is 4. The van der Waals surface area contributed by atoms with Crippen molar-refractivity contribution in [1.82, 2.24) is 19.9 Å². The first-order valence-electron chi connectivity index (χ1n) is 14.2. The van der Waals surface area contributed by atoms with Crippen LogP contribution in [0.3, 0.4) is 0 Å². The normalized spacial score (nSPS) is 12.9. The molecule has 0 spiro atoms. The molecule has 0 fully saturated rings. The van der Waals surface area contributed by atoms with Crippen molar-refractivity contribution in [1.29, 1.82) is 0 Å². The zero-order valence-electron chi connectivity index (χ0n) is 26.5. The number of ether oxygens (including phenoxy) is 2. The molecular formula is C30H39FN4O5S4. The van der Waals surface area contributed by atoms with E-state index in [0.717, 1.165) is 14.8 Å². The first kappa shape index (κ1) is 35.8. The van der Waals surface area contributed by atoms with Gasteiger partial charge < -0.3 is 14.6 Å². The topological polar surface area (TPSA) is 124 Å². The maximum Gasteiger partial charge on any atom is 0.358 e. The molecule has 240 valence electrons. The first-order chi connectivity index (χ1) is 20.6. The Hall–Kier alpha value is -2.65. The predicted molar refractivity (Wildman–Crippen MR) is 176 cm³/mol. The standard InChI is InChI=1S/C15H19FN2O2S2.C15H20N2O3S2/c1-7(2)10(16)12-11(15(19)20-8(3)4)18-14(22-12)13-17-6-9(5)21-13;1-7(2)11(18)12-10(15(19)20-8(3)4)17-14(22-12)13-16-6-9(5)21-13/h6-8,10H,1-5H3;6-8,11,18H,1-5H3. The fourth-order valence-corrected chi connectivity index (χ4v) is 7.58. The van der Waals surface area contributed by atoms with Crippen LogP contribution in [0.1, 0.15) is 108 Å². The van der Waals surface area contributed by atoms with E-state index in [0.29, 0.717) is 24.8 Å². The summed E-state index contributed by atoms with van der Waals surface area (Å²) in [7, 11) is 0. The molecule has 44 heavy (non-hydrogen) atoms. The molecule has 0 aromatic carbocycles. The highest BCUT2D eigenvalue weighted by atomic mass is 32.1. The maximum absolute atomic E-state index is 14.5. The number of hydrogen-bond donors (Lipinski definition) is 1. The van der Waals surface area contributed by atoms with Crippen molar-refractivity contribution in [3.8, 4) is 20.0 Å². The summed E-state index contributed by atoms with van der Waals surface area (Å²) in [5.41, 5.74) is 0.269. The van der Waals surface area contributed by atoms with Crippen molar-refractivity contribution in [2.24, 2.45) is 11.8 Å². The van der Waals surface area contributed by atoms with Crippen LogP contribution in [-0.2, 0) is 9.47 Å². The fourth-order valence-electron chi connectivity index (χ4n) is 3.58. The van der Waals surface area contributed by atoms with Gasteiger partial charge in [0.25, 0.3) is 0 Å². The van der Waals surface area contributed by atoms with E-state index >= 15 is 0 Å². The number of aromatic nitrogens is 4. The highest BCUT2D eigenvalue weighted by Crippen LogP contribution is 2.39. The van der Waals surface area contributed by atoms with Gasteiger partial charge in [0, 0.05) is 22.1 Å². The number of halogens is 1. The van der Waals surface area contributed by atoms with E-state index < -0.39 is 24.2 Å². The van der Waals surface area contributed by atoms with Gasteiger partial charge in [-0.2, -0.15) is 0 Å². The largest absolute Gasteiger partial charge is 0.458 e. The van der Waals surface area contributed by atoms with Crippen molar-refractivity contribution in [3.63, 3.8) is 0 Å². The minimum Gasteiger partial charge on any atom is -0.458 e. The molecule has 4 rings (SSSR count). The van der Waals surface area contributed by atoms with E-state index in [4.69, 9.17) is 9.47 Å². The molecular weight excluding hydrogens is 644 g/mol. The van der Waals surface area contributed by atoms with Crippen LogP contribution in [0, 0.1) is 25.7 Å². The second-order valence-corrected chi connectivity index (χ2v) is 15.8. The van der Waals surface area contributed by atoms with Crippen molar-refractivity contribution in [2.75, 3.05) is 0 Å². The van der Waals surface area contributed by atoms with Crippen molar-refractivity contribution >= 4 is 57.3 Å². The Morgan fingerprint density at radius 2 is 1.09 bits per heavy atom. The molecule has 1 N–H and O–H groups in total. The monoisotopic (exact) mass is 682 g/mol. The van der Waals surface area contributed by atoms with Crippen LogP contribution in [0.4, 0.5) is 4.39 Å². The second-order valence-electron chi connectivity index (χ2n) is 11.3. The molecule has 9 nitrogen and oxygen atoms in total. The lowest BCUT2D eigenvalue weighted by atomic mass is 10.1. The minimum atomic E-state index is -1.25. The summed E-state index contributed by atoms with van der Waals surface area (Å²) in [5.74, 6) is -1.33. The number of esters is 2. The molecule has 0 aliphatic heterocycles. The molecule has 0 saturated carbocycles. The molecule has 0 saturated heterocycles. The summed E-state index contributed by atoms with van der Waals surface area (Å²) >= 11 is 5.47. The Kier molecular flexibility index (Phi) is 12.7. The number of rotatable bonds is 10. The zero-order chi connectivity index (χ0) is 32.9. The van der Waals surface area contributed by atoms with Crippen molar-refractivity contribution in [3.05, 3.63) is 43.3 Å². The lowest BCUT2D eigenvalue weighted by Gasteiger charge is -2.14. The van der Waals surface area contributed by atoms with Crippen LogP contribution >= 0.6 is 45.3 Å². The van der Waals surface area contributed by atoms with Gasteiger partial charge in [-0.1, -0.05) is 27.7 Å². The number of aryl methyl sites for hydroxylation is 2. The van der Waals surface area contributed by atoms with Crippen molar-refractivity contribution < 1.29 is 28.6 Å². The Bertz CT molecular complexity index is 1440. The van der Waals surface area contributed by atoms with Crippen LogP contribution in [-0.4, -0.2) is 49.2 Å². The summed E-state index contributed by atoms with van der Waals surface area (Å²) in [5, 5.41) is 13.0. The van der Waals surface area contributed by atoms with Gasteiger partial charge in [0.2, 0.25) is 0 Å². The number of hydrogen-bond acceptors (Lipinski definition) is 13. The van der Waals surface area contributed by atoms with E-state index in [1.165, 1.54) is 45.3 Å². The highest BCUT2D eigenvalue weighted by molar-refractivity contribution is 7.22. The third-order valence-corrected chi connectivity index (χ3v) is 10.1. The minimum absolute atomic E-state index is 0.0167. The lowest BCUT2D eigenvalue weighted by Crippen LogP contribution is -2.16. The fraction of sp³-hybridized carbons (Fsp3) is 0.533. The summed E-state index contributed by atoms with van der Waals surface area (Å²) < 4.78 is 24.9. The number of thiazole rings is 4. The van der Waals surface area contributed by atoms with Gasteiger partial charge in [-0.15, -0.1) is 45.3 Å². The number of carbonyl (C=O) groups is 2. The summed E-state index contributed by atoms with van der Waals surface area (Å²) in [4.78, 5) is 44.7. The number of aliphatic hydroxyl groups excluding tert-OH is 1. The quantitative estimate of drug-likeness (QED) is 0.164. The van der Waals surface area contributed by atoms with Gasteiger partial charge in [0.15, 0.2) is 31.4 Å². The summed E-state index contributed by atoms with van der Waals surface area (Å²) in [6.07, 6.45) is 1.01. The average Bonchev–Trinajstić information content (AvgIpc) is 3.72. The van der Waals surface area contributed by atoms with E-state index in [-0.39, 0.29) is 35.4 Å². The predicted octanol–water partition coefficient (Wildman–Crippen LogP) is 8.64. The van der Waals surface area contributed by atoms with Gasteiger partial charge in [-0.25, -0.2) is 33.9 Å². The average molecular weight is 683 g/mol. The van der Waals surface area contributed by atoms with Gasteiger partial charge in [-0.3, -0.25) is 0 Å². The molecule has 0 aliphatic carbocycles. The molecule has 2 atom stereocenters. The van der Waals surface area contributed by atoms with Crippen LogP contribution in [0.15, 0.2) is 12.4 Å². The van der Waals surface area contributed by atoms with Gasteiger partial charge in [0.1, 0.15) is 6.17 Å². The van der Waals surface area contributed by atoms with Crippen LogP contribution in [0.5, 0.6) is 0 Å². The molecule has 4 aromatic rings. The second kappa shape index (κ2) is 15.6. The van der Waals surface area contributed by atoms with Crippen LogP contribution in [0.2, 0.25) is 0 Å². The SMILES string of the molecule is Cc1cnc(-c2nc(C(=O)OC(C)C)c(C(F)C(C)C)s2)s1.Cc1cnc(-c2nc(C(=O)OC(C)C)c(C(O)C(C)C)s2)s1. The molecule has 4 heterocycles. The third kappa shape index (κ3) is 9.19. The molecule has 0 amide bonds. The van der Waals surface area contributed by atoms with E-state index in [2.05, 4.69) is 19.9 Å². The Morgan fingerprint density at radius 1 is 0.682 bits per heavy atom. The maximum atomic E-state index is 14.5. The number of aliphatic hydroxyl groups is 1. The number of carbonyl (C=O) groups excluding carboxylic acids is 2. The van der Waals surface area contributed by atoms with E-state index in [1.807, 2.05) is 27.7 Å². The van der Waals surface area contributed by atoms with Gasteiger partial charge >= 0.3 is 11.9 Å². The van der Waals surface area contributed by atoms with Crippen molar-refractivity contribution in [2.45, 2.75) is 93.7 Å². The van der Waals surface area contributed by atoms with E-state index in [1.54, 1.807) is 53.9 Å².